The van der Waals surface area contributed by atoms with E-state index in [1.165, 1.54) is 17.0 Å². The van der Waals surface area contributed by atoms with Crippen molar-refractivity contribution in [2.75, 3.05) is 26.2 Å². The van der Waals surface area contributed by atoms with Crippen molar-refractivity contribution >= 4 is 24.8 Å². The molecule has 1 N–H and O–H groups in total. The second-order valence-electron chi connectivity index (χ2n) is 6.51. The quantitative estimate of drug-likeness (QED) is 0.838. The van der Waals surface area contributed by atoms with Gasteiger partial charge in [-0.25, -0.2) is 0 Å². The van der Waals surface area contributed by atoms with Crippen LogP contribution in [0.25, 0.3) is 0 Å². The minimum absolute atomic E-state index is 0. The van der Waals surface area contributed by atoms with Gasteiger partial charge in [0.05, 0.1) is 0 Å². The zero-order valence-electron chi connectivity index (χ0n) is 14.0. The highest BCUT2D eigenvalue weighted by Gasteiger charge is 2.44. The maximum absolute atomic E-state index is 13.5. The molecule has 0 aromatic heterocycles. The van der Waals surface area contributed by atoms with Crippen LogP contribution in [0.5, 0.6) is 5.75 Å². The van der Waals surface area contributed by atoms with Crippen molar-refractivity contribution < 1.29 is 17.9 Å². The number of piperazine rings is 1. The van der Waals surface area contributed by atoms with E-state index >= 15 is 0 Å². The van der Waals surface area contributed by atoms with Gasteiger partial charge in [-0.2, -0.15) is 13.2 Å². The largest absolute Gasteiger partial charge is 0.488 e. The van der Waals surface area contributed by atoms with Gasteiger partial charge in [0.1, 0.15) is 17.4 Å². The summed E-state index contributed by atoms with van der Waals surface area (Å²) in [6, 6.07) is 4.70. The number of hydrogen-bond donors (Lipinski definition) is 1. The third-order valence-electron chi connectivity index (χ3n) is 3.45. The maximum Gasteiger partial charge on any atom is 0.408 e. The number of hydrogen-bond acceptors (Lipinski definition) is 3. The van der Waals surface area contributed by atoms with Gasteiger partial charge in [-0.3, -0.25) is 4.90 Å². The molecule has 0 radical (unpaired) electrons. The number of benzene rings is 1. The van der Waals surface area contributed by atoms with Gasteiger partial charge in [0.2, 0.25) is 0 Å². The fourth-order valence-electron chi connectivity index (χ4n) is 2.62. The molecule has 1 aliphatic rings. The number of ether oxygens (including phenoxy) is 1. The van der Waals surface area contributed by atoms with Gasteiger partial charge >= 0.3 is 6.18 Å². The van der Waals surface area contributed by atoms with E-state index in [4.69, 9.17) is 4.74 Å². The highest BCUT2D eigenvalue weighted by molar-refractivity contribution is 5.85. The van der Waals surface area contributed by atoms with Crippen LogP contribution < -0.4 is 10.1 Å². The van der Waals surface area contributed by atoms with E-state index in [0.717, 1.165) is 0 Å². The van der Waals surface area contributed by atoms with Gasteiger partial charge in [-0.1, -0.05) is 12.1 Å². The van der Waals surface area contributed by atoms with Crippen molar-refractivity contribution in [2.45, 2.75) is 38.6 Å². The van der Waals surface area contributed by atoms with Crippen LogP contribution in [0.15, 0.2) is 24.3 Å². The lowest BCUT2D eigenvalue weighted by atomic mass is 10.0. The summed E-state index contributed by atoms with van der Waals surface area (Å²) in [6.07, 6.45) is -4.29. The monoisotopic (exact) mass is 388 g/mol. The van der Waals surface area contributed by atoms with E-state index in [0.29, 0.717) is 31.9 Å². The number of halogens is 5. The third-order valence-corrected chi connectivity index (χ3v) is 3.45. The summed E-state index contributed by atoms with van der Waals surface area (Å²) < 4.78 is 46.1. The van der Waals surface area contributed by atoms with Crippen LogP contribution in [0, 0.1) is 0 Å². The van der Waals surface area contributed by atoms with Crippen LogP contribution in [0.3, 0.4) is 0 Å². The molecule has 0 unspecified atom stereocenters. The first-order chi connectivity index (χ1) is 10.2. The number of nitrogens with one attached hydrogen (secondary N) is 1. The lowest BCUT2D eigenvalue weighted by molar-refractivity contribution is -0.187. The minimum atomic E-state index is -4.29. The van der Waals surface area contributed by atoms with Crippen LogP contribution in [0.1, 0.15) is 32.4 Å². The van der Waals surface area contributed by atoms with Crippen molar-refractivity contribution in [3.63, 3.8) is 0 Å². The summed E-state index contributed by atoms with van der Waals surface area (Å²) in [7, 11) is 0. The van der Waals surface area contributed by atoms with Crippen molar-refractivity contribution in [3.8, 4) is 5.75 Å². The predicted octanol–water partition coefficient (Wildman–Crippen LogP) is 4.22. The average Bonchev–Trinajstić information content (AvgIpc) is 2.39. The summed E-state index contributed by atoms with van der Waals surface area (Å²) >= 11 is 0. The Morgan fingerprint density at radius 3 is 1.92 bits per heavy atom. The van der Waals surface area contributed by atoms with Crippen LogP contribution in [-0.4, -0.2) is 42.9 Å². The van der Waals surface area contributed by atoms with Crippen LogP contribution >= 0.6 is 24.8 Å². The minimum Gasteiger partial charge on any atom is -0.488 e. The molecule has 1 aromatic rings. The molecule has 1 aromatic carbocycles. The molecule has 1 aliphatic heterocycles. The topological polar surface area (TPSA) is 24.5 Å². The van der Waals surface area contributed by atoms with E-state index in [1.54, 1.807) is 12.1 Å². The molecule has 1 fully saturated rings. The highest BCUT2D eigenvalue weighted by atomic mass is 35.5. The second kappa shape index (κ2) is 9.13. The van der Waals surface area contributed by atoms with Crippen molar-refractivity contribution in [1.82, 2.24) is 10.2 Å². The first-order valence-electron chi connectivity index (χ1n) is 7.47. The molecule has 0 amide bonds. The molecule has 1 heterocycles. The first kappa shape index (κ1) is 23.3. The second-order valence-corrected chi connectivity index (χ2v) is 6.51. The normalized spacial score (nSPS) is 17.4. The SMILES string of the molecule is CC(C)(C)Oc1ccc([C@H](N2CCNCC2)C(F)(F)F)cc1.Cl.Cl. The molecular formula is C16H25Cl2F3N2O. The summed E-state index contributed by atoms with van der Waals surface area (Å²) in [4.78, 5) is 1.48. The zero-order chi connectivity index (χ0) is 16.4. The first-order valence-corrected chi connectivity index (χ1v) is 7.47. The summed E-state index contributed by atoms with van der Waals surface area (Å²) in [5.41, 5.74) is -0.112. The molecule has 24 heavy (non-hydrogen) atoms. The fourth-order valence-corrected chi connectivity index (χ4v) is 2.62. The molecular weight excluding hydrogens is 364 g/mol. The molecule has 2 rings (SSSR count). The van der Waals surface area contributed by atoms with Gasteiger partial charge in [0.25, 0.3) is 0 Å². The van der Waals surface area contributed by atoms with Crippen LogP contribution in [-0.2, 0) is 0 Å². The fraction of sp³-hybridized carbons (Fsp3) is 0.625. The number of rotatable bonds is 3. The van der Waals surface area contributed by atoms with Crippen molar-refractivity contribution in [3.05, 3.63) is 29.8 Å². The van der Waals surface area contributed by atoms with Crippen LogP contribution in [0.4, 0.5) is 13.2 Å². The molecule has 0 spiro atoms. The molecule has 0 bridgehead atoms. The maximum atomic E-state index is 13.5. The lowest BCUT2D eigenvalue weighted by Crippen LogP contribution is -2.49. The van der Waals surface area contributed by atoms with Crippen molar-refractivity contribution in [2.24, 2.45) is 0 Å². The predicted molar refractivity (Wildman–Crippen MR) is 94.6 cm³/mol. The number of nitrogens with zero attached hydrogens (tertiary/aromatic N) is 1. The average molecular weight is 389 g/mol. The van der Waals surface area contributed by atoms with E-state index in [-0.39, 0.29) is 36.0 Å². The summed E-state index contributed by atoms with van der Waals surface area (Å²) in [5.74, 6) is 0.581. The van der Waals surface area contributed by atoms with E-state index in [1.807, 2.05) is 20.8 Å². The third kappa shape index (κ3) is 6.67. The Hall–Kier alpha value is -0.690. The van der Waals surface area contributed by atoms with E-state index in [9.17, 15) is 13.2 Å². The van der Waals surface area contributed by atoms with Gasteiger partial charge in [0, 0.05) is 26.2 Å². The Morgan fingerprint density at radius 1 is 1.00 bits per heavy atom. The molecule has 3 nitrogen and oxygen atoms in total. The summed E-state index contributed by atoms with van der Waals surface area (Å²) in [5, 5.41) is 3.08. The Bertz CT molecular complexity index is 484. The van der Waals surface area contributed by atoms with Gasteiger partial charge in [-0.15, -0.1) is 24.8 Å². The van der Waals surface area contributed by atoms with Gasteiger partial charge in [0.15, 0.2) is 0 Å². The smallest absolute Gasteiger partial charge is 0.408 e. The van der Waals surface area contributed by atoms with Gasteiger partial charge < -0.3 is 10.1 Å². The molecule has 0 aliphatic carbocycles. The van der Waals surface area contributed by atoms with Crippen LogP contribution in [0.2, 0.25) is 0 Å². The van der Waals surface area contributed by atoms with E-state index in [2.05, 4.69) is 5.32 Å². The van der Waals surface area contributed by atoms with E-state index < -0.39 is 12.2 Å². The molecule has 1 saturated heterocycles. The Labute approximate surface area is 153 Å². The van der Waals surface area contributed by atoms with Crippen molar-refractivity contribution in [1.29, 1.82) is 0 Å². The number of alkyl halides is 3. The molecule has 140 valence electrons. The standard InChI is InChI=1S/C16H23F3N2O.2ClH/c1-15(2,3)22-13-6-4-12(5-7-13)14(16(17,18)19)21-10-8-20-9-11-21;;/h4-7,14,20H,8-11H2,1-3H3;2*1H/t14-;;/m0../s1. The van der Waals surface area contributed by atoms with Gasteiger partial charge in [-0.05, 0) is 38.5 Å². The zero-order valence-corrected chi connectivity index (χ0v) is 15.7. The lowest BCUT2D eigenvalue weighted by Gasteiger charge is -2.36. The molecule has 1 atom stereocenters. The molecule has 0 saturated carbocycles. The Balaban J connectivity index is 0.00000264. The summed E-state index contributed by atoms with van der Waals surface area (Å²) in [6.45, 7) is 7.66. The highest BCUT2D eigenvalue weighted by Crippen LogP contribution is 2.38. The Morgan fingerprint density at radius 2 is 1.50 bits per heavy atom. The Kier molecular flexibility index (Phi) is 8.87. The molecule has 8 heteroatoms.